The fourth-order valence-corrected chi connectivity index (χ4v) is 10.5. The van der Waals surface area contributed by atoms with Gasteiger partial charge in [0.2, 0.25) is 29.5 Å². The van der Waals surface area contributed by atoms with Crippen LogP contribution in [0.5, 0.6) is 0 Å². The lowest BCUT2D eigenvalue weighted by molar-refractivity contribution is -0.173. The van der Waals surface area contributed by atoms with Crippen molar-refractivity contribution in [2.24, 2.45) is 23.7 Å². The summed E-state index contributed by atoms with van der Waals surface area (Å²) in [7, 11) is 5.88. The number of amides is 6. The Morgan fingerprint density at radius 1 is 0.747 bits per heavy atom. The van der Waals surface area contributed by atoms with Crippen LogP contribution in [0, 0.1) is 23.7 Å². The van der Waals surface area contributed by atoms with E-state index in [9.17, 15) is 19.5 Å². The number of benzene rings is 1. The van der Waals surface area contributed by atoms with Gasteiger partial charge in [-0.2, -0.15) is 4.73 Å². The Morgan fingerprint density at radius 3 is 1.81 bits per heavy atom. The number of carbonyl (C=O) groups excluding carboxylic acids is 7. The lowest BCUT2D eigenvalue weighted by atomic mass is 9.93. The van der Waals surface area contributed by atoms with Gasteiger partial charge in [0.15, 0.2) is 11.6 Å². The molecule has 0 radical (unpaired) electrons. The number of likely N-dealkylation sites (N-methyl/N-ethyl adjacent to an activating group) is 3. The highest BCUT2D eigenvalue weighted by molar-refractivity contribution is 7.09. The van der Waals surface area contributed by atoms with Gasteiger partial charge in [0.05, 0.1) is 17.1 Å². The number of cyclic esters (lactones) is 1. The van der Waals surface area contributed by atoms with E-state index in [0.717, 1.165) is 54.3 Å². The van der Waals surface area contributed by atoms with Crippen LogP contribution in [0.25, 0.3) is 10.9 Å². The second-order valence-electron chi connectivity index (χ2n) is 21.9. The molecule has 4 rings (SSSR count). The molecule has 18 nitrogen and oxygen atoms in total. The number of ether oxygens (including phenoxy) is 1. The first kappa shape index (κ1) is 62.0. The molecule has 418 valence electrons. The predicted molar refractivity (Wildman–Crippen MR) is 291 cm³/mol. The van der Waals surface area contributed by atoms with Crippen LogP contribution in [0.3, 0.4) is 0 Å². The Balaban J connectivity index is 1.98. The maximum Gasteiger partial charge on any atom is 0.334 e. The molecule has 75 heavy (non-hydrogen) atoms. The Labute approximate surface area is 449 Å². The number of esters is 1. The summed E-state index contributed by atoms with van der Waals surface area (Å²) in [6.07, 6.45) is 7.71. The molecule has 19 heteroatoms. The minimum atomic E-state index is -2.08. The second-order valence-corrected chi connectivity index (χ2v) is 22.9. The van der Waals surface area contributed by atoms with Gasteiger partial charge in [-0.3, -0.25) is 28.8 Å². The third kappa shape index (κ3) is 16.7. The van der Waals surface area contributed by atoms with Crippen molar-refractivity contribution >= 4 is 63.7 Å². The molecule has 1 saturated heterocycles. The van der Waals surface area contributed by atoms with Crippen molar-refractivity contribution < 1.29 is 48.2 Å². The number of nitrogens with zero attached hydrogens (tertiary/aromatic N) is 5. The van der Waals surface area contributed by atoms with E-state index in [2.05, 4.69) is 34.8 Å². The number of para-hydroxylation sites is 1. The summed E-state index contributed by atoms with van der Waals surface area (Å²) in [4.78, 5) is 119. The molecule has 1 aliphatic rings. The minimum absolute atomic E-state index is 0.0369. The van der Waals surface area contributed by atoms with Crippen LogP contribution in [0.15, 0.2) is 42.0 Å². The molecule has 9 atom stereocenters. The number of rotatable bonds is 21. The van der Waals surface area contributed by atoms with E-state index in [1.54, 1.807) is 22.5 Å². The zero-order valence-electron chi connectivity index (χ0n) is 47.0. The topological polar surface area (TPSA) is 222 Å². The molecule has 1 fully saturated rings. The van der Waals surface area contributed by atoms with Crippen LogP contribution < -0.4 is 20.8 Å². The van der Waals surface area contributed by atoms with Crippen molar-refractivity contribution in [2.45, 2.75) is 188 Å². The van der Waals surface area contributed by atoms with Crippen molar-refractivity contribution in [3.8, 4) is 0 Å². The highest BCUT2D eigenvalue weighted by atomic mass is 32.1. The van der Waals surface area contributed by atoms with Crippen LogP contribution in [0.2, 0.25) is 0 Å². The van der Waals surface area contributed by atoms with Gasteiger partial charge in [0.25, 0.3) is 5.91 Å². The van der Waals surface area contributed by atoms with Gasteiger partial charge >= 0.3 is 5.97 Å². The third-order valence-electron chi connectivity index (χ3n) is 14.7. The van der Waals surface area contributed by atoms with Gasteiger partial charge in [-0.05, 0) is 74.3 Å². The van der Waals surface area contributed by atoms with Crippen molar-refractivity contribution in [1.29, 1.82) is 0 Å². The average molecular weight is 1070 g/mol. The molecule has 6 amide bonds. The van der Waals surface area contributed by atoms with Crippen LogP contribution in [-0.2, 0) is 51.1 Å². The number of unbranched alkanes of at least 4 members (excludes halogenated alkanes) is 2. The number of aromatic nitrogens is 2. The average Bonchev–Trinajstić information content (AvgIpc) is 4.04. The van der Waals surface area contributed by atoms with E-state index in [1.165, 1.54) is 56.3 Å². The van der Waals surface area contributed by atoms with Gasteiger partial charge in [-0.1, -0.05) is 112 Å². The summed E-state index contributed by atoms with van der Waals surface area (Å²) < 4.78 is 7.66. The van der Waals surface area contributed by atoms with Crippen molar-refractivity contribution in [2.75, 3.05) is 34.9 Å². The van der Waals surface area contributed by atoms with E-state index in [4.69, 9.17) is 9.57 Å². The number of aliphatic hydroxyl groups excluding tert-OH is 1. The zero-order chi connectivity index (χ0) is 55.7. The quantitative estimate of drug-likeness (QED) is 0.0893. The monoisotopic (exact) mass is 1060 g/mol. The maximum atomic E-state index is 15.3. The number of aliphatic hydroxyl groups is 1. The van der Waals surface area contributed by atoms with Crippen LogP contribution >= 0.6 is 11.3 Å². The highest BCUT2D eigenvalue weighted by Gasteiger charge is 2.47. The lowest BCUT2D eigenvalue weighted by Gasteiger charge is -2.39. The summed E-state index contributed by atoms with van der Waals surface area (Å²) in [5.41, 5.74) is -0.692. The van der Waals surface area contributed by atoms with Crippen molar-refractivity contribution in [3.05, 3.63) is 52.6 Å². The molecule has 3 heterocycles. The highest BCUT2D eigenvalue weighted by Crippen LogP contribution is 2.27. The summed E-state index contributed by atoms with van der Waals surface area (Å²) in [6.45, 7) is 16.2. The van der Waals surface area contributed by atoms with Crippen molar-refractivity contribution in [3.63, 3.8) is 0 Å². The molecule has 2 aromatic heterocycles. The zero-order valence-corrected chi connectivity index (χ0v) is 47.8. The smallest absolute Gasteiger partial charge is 0.334 e. The molecule has 3 aromatic rings. The Hall–Kier alpha value is -5.56. The molecule has 1 aromatic carbocycles. The molecule has 0 bridgehead atoms. The van der Waals surface area contributed by atoms with Gasteiger partial charge in [0.1, 0.15) is 37.3 Å². The number of nitrogens with one attached hydrogen (secondary N) is 3. The normalized spacial score (nSPS) is 24.3. The molecule has 4 N–H and O–H groups in total. The summed E-state index contributed by atoms with van der Waals surface area (Å²) in [5, 5.41) is 23.3. The summed E-state index contributed by atoms with van der Waals surface area (Å²) >= 11 is 1.36. The summed E-state index contributed by atoms with van der Waals surface area (Å²) in [5.74, 6) is -5.33. The Kier molecular flexibility index (Phi) is 24.0. The Morgan fingerprint density at radius 2 is 1.28 bits per heavy atom. The van der Waals surface area contributed by atoms with Gasteiger partial charge in [0, 0.05) is 57.1 Å². The predicted octanol–water partition coefficient (Wildman–Crippen LogP) is 6.10. The molecule has 0 saturated carbocycles. The van der Waals surface area contributed by atoms with E-state index >= 15 is 19.2 Å². The third-order valence-corrected chi connectivity index (χ3v) is 15.5. The first-order valence-electron chi connectivity index (χ1n) is 27.1. The Bertz CT molecular complexity index is 2360. The van der Waals surface area contributed by atoms with E-state index in [1.807, 2.05) is 65.8 Å². The number of hydrogen-bond donors (Lipinski definition) is 4. The number of carbonyl (C=O) groups is 7. The SMILES string of the molecule is CCCC[C@@H](C)C[C@@H]1NC(=O)[C@@H](CCc2nccs2)OC(=O)C(C)(CO)N(C)C(=O)[C@H](C[C@H](C)CCCC)NC(=O)[C@H](Cc2cn(OC)c3ccccc23)N(C)C(=O)[C@H](CC(C)C)NC(=O)[C@H](CC(C)C)N(C)C1=O. The first-order valence-corrected chi connectivity index (χ1v) is 27.9. The van der Waals surface area contributed by atoms with Crippen LogP contribution in [-0.4, -0.2) is 148 Å². The number of aryl methyl sites for hydroxylation is 1. The fraction of sp³-hybridized carbons (Fsp3) is 0.679. The van der Waals surface area contributed by atoms with Gasteiger partial charge < -0.3 is 45.3 Å². The van der Waals surface area contributed by atoms with Crippen molar-refractivity contribution in [1.82, 2.24) is 40.4 Å². The number of hydrogen-bond acceptors (Lipinski definition) is 12. The fourth-order valence-electron chi connectivity index (χ4n) is 9.83. The minimum Gasteiger partial charge on any atom is -0.450 e. The van der Waals surface area contributed by atoms with E-state index in [0.29, 0.717) is 10.6 Å². The number of fused-ring (bicyclic) bond motifs is 1. The summed E-state index contributed by atoms with van der Waals surface area (Å²) in [6, 6.07) is 1.52. The first-order chi connectivity index (χ1) is 35.5. The molecule has 0 spiro atoms. The molecular weight excluding hydrogens is 977 g/mol. The van der Waals surface area contributed by atoms with Crippen LogP contribution in [0.1, 0.15) is 144 Å². The van der Waals surface area contributed by atoms with Gasteiger partial charge in [-0.25, -0.2) is 9.78 Å². The largest absolute Gasteiger partial charge is 0.450 e. The molecule has 0 aliphatic carbocycles. The number of thiazole rings is 1. The lowest BCUT2D eigenvalue weighted by Crippen LogP contribution is -2.63. The van der Waals surface area contributed by atoms with E-state index < -0.39 is 89.9 Å². The van der Waals surface area contributed by atoms with Gasteiger partial charge in [-0.15, -0.1) is 11.3 Å². The van der Waals surface area contributed by atoms with Crippen LogP contribution in [0.4, 0.5) is 0 Å². The maximum absolute atomic E-state index is 15.3. The second kappa shape index (κ2) is 29.1. The molecule has 1 aliphatic heterocycles. The molecular formula is C56H88N8O10S. The van der Waals surface area contributed by atoms with E-state index in [-0.39, 0.29) is 68.6 Å². The molecule has 1 unspecified atom stereocenters. The standard InChI is InChI=1S/C56H88N8O10S/c1-14-16-20-37(7)30-42-53(70)61(10)45(29-36(5)6)49(66)58-41(28-35(3)4)52(69)62(11)46(32-39-33-64(73-13)44-23-19-18-22-40(39)44)50(67)59-43(31-38(8)21-17-15-2)54(71)63(12)56(9,34-65)55(72)74-47(51(68)60-42)24-25-48-57-26-27-75-48/h18-19,22-23,26-27,33,35-38,41-43,45-47,65H,14-17,20-21,24-25,28-32,34H2,1-13H3,(H,58,66)(H,59,67)(H,60,68)/t37-,38-,41+,42+,43+,45+,46+,47-,56?/m1/s1.